The van der Waals surface area contributed by atoms with E-state index >= 15 is 0 Å². The van der Waals surface area contributed by atoms with E-state index in [-0.39, 0.29) is 0 Å². The number of rotatable bonds is 3. The van der Waals surface area contributed by atoms with E-state index in [9.17, 15) is 0 Å². The van der Waals surface area contributed by atoms with Crippen molar-refractivity contribution in [3.05, 3.63) is 11.1 Å². The van der Waals surface area contributed by atoms with Crippen molar-refractivity contribution in [1.82, 2.24) is 4.90 Å². The van der Waals surface area contributed by atoms with Gasteiger partial charge >= 0.3 is 0 Å². The first-order valence-electron chi connectivity index (χ1n) is 4.55. The Balaban J connectivity index is 2.45. The lowest BCUT2D eigenvalue weighted by Crippen LogP contribution is -2.49. The molecule has 0 spiro atoms. The zero-order chi connectivity index (χ0) is 9.68. The lowest BCUT2D eigenvalue weighted by molar-refractivity contribution is 0.000830. The van der Waals surface area contributed by atoms with Crippen molar-refractivity contribution < 1.29 is 4.74 Å². The molecule has 0 amide bonds. The van der Waals surface area contributed by atoms with Gasteiger partial charge in [0.15, 0.2) is 0 Å². The Morgan fingerprint density at radius 3 is 3.15 bits per heavy atom. The normalized spacial score (nSPS) is 26.4. The van der Waals surface area contributed by atoms with Gasteiger partial charge in [-0.05, 0) is 12.5 Å². The predicted molar refractivity (Wildman–Crippen MR) is 54.8 cm³/mol. The predicted octanol–water partition coefficient (Wildman–Crippen LogP) is 0.789. The van der Waals surface area contributed by atoms with E-state index in [1.807, 2.05) is 6.92 Å². The highest BCUT2D eigenvalue weighted by molar-refractivity contribution is 6.25. The number of hydrogen-bond donors (Lipinski definition) is 1. The summed E-state index contributed by atoms with van der Waals surface area (Å²) < 4.78 is 5.34. The number of nitrogens with zero attached hydrogens (tertiary/aromatic N) is 1. The zero-order valence-corrected chi connectivity index (χ0v) is 8.76. The van der Waals surface area contributed by atoms with Gasteiger partial charge in [0.05, 0.1) is 13.2 Å². The van der Waals surface area contributed by atoms with Crippen molar-refractivity contribution in [1.29, 1.82) is 0 Å². The molecular weight excluding hydrogens is 188 g/mol. The van der Waals surface area contributed by atoms with Crippen LogP contribution < -0.4 is 5.73 Å². The molecule has 0 aromatic rings. The third-order valence-corrected chi connectivity index (χ3v) is 2.63. The van der Waals surface area contributed by atoms with Crippen molar-refractivity contribution in [2.24, 2.45) is 5.73 Å². The number of halogens is 1. The van der Waals surface area contributed by atoms with Gasteiger partial charge in [0.25, 0.3) is 0 Å². The molecule has 1 rings (SSSR count). The monoisotopic (exact) mass is 204 g/mol. The molecule has 1 aliphatic heterocycles. The molecular formula is C9H17ClN2O. The van der Waals surface area contributed by atoms with Crippen LogP contribution in [0.25, 0.3) is 0 Å². The third kappa shape index (κ3) is 3.27. The molecule has 76 valence electrons. The van der Waals surface area contributed by atoms with Gasteiger partial charge < -0.3 is 10.5 Å². The van der Waals surface area contributed by atoms with Crippen molar-refractivity contribution >= 4 is 11.6 Å². The van der Waals surface area contributed by atoms with Gasteiger partial charge in [0.1, 0.15) is 0 Å². The van der Waals surface area contributed by atoms with Crippen LogP contribution in [0.15, 0.2) is 11.1 Å². The summed E-state index contributed by atoms with van der Waals surface area (Å²) in [6, 6.07) is 0.348. The average molecular weight is 205 g/mol. The summed E-state index contributed by atoms with van der Waals surface area (Å²) in [6.45, 7) is 6.06. The SMILES string of the molecule is CC(=CCl)CN1CCOCC1CN. The van der Waals surface area contributed by atoms with Crippen LogP contribution in [0.3, 0.4) is 0 Å². The summed E-state index contributed by atoms with van der Waals surface area (Å²) in [5.74, 6) is 0. The Morgan fingerprint density at radius 1 is 1.77 bits per heavy atom. The highest BCUT2D eigenvalue weighted by Gasteiger charge is 2.21. The lowest BCUT2D eigenvalue weighted by atomic mass is 10.2. The first-order chi connectivity index (χ1) is 6.27. The molecule has 0 aliphatic carbocycles. The molecule has 4 heteroatoms. The van der Waals surface area contributed by atoms with Crippen molar-refractivity contribution in [2.45, 2.75) is 13.0 Å². The van der Waals surface area contributed by atoms with E-state index < -0.39 is 0 Å². The Hall–Kier alpha value is -0.0900. The average Bonchev–Trinajstić information content (AvgIpc) is 2.18. The highest BCUT2D eigenvalue weighted by Crippen LogP contribution is 2.09. The molecule has 0 saturated carbocycles. The van der Waals surface area contributed by atoms with Crippen molar-refractivity contribution in [3.63, 3.8) is 0 Å². The molecule has 0 aromatic carbocycles. The van der Waals surface area contributed by atoms with Gasteiger partial charge in [-0.1, -0.05) is 11.6 Å². The maximum absolute atomic E-state index is 5.64. The fourth-order valence-corrected chi connectivity index (χ4v) is 1.54. The number of morpholine rings is 1. The summed E-state index contributed by atoms with van der Waals surface area (Å²) in [7, 11) is 0. The van der Waals surface area contributed by atoms with Crippen molar-refractivity contribution in [3.8, 4) is 0 Å². The van der Waals surface area contributed by atoms with E-state index in [0.29, 0.717) is 12.6 Å². The molecule has 1 aliphatic rings. The van der Waals surface area contributed by atoms with Crippen LogP contribution in [-0.2, 0) is 4.74 Å². The van der Waals surface area contributed by atoms with E-state index in [2.05, 4.69) is 4.90 Å². The molecule has 1 unspecified atom stereocenters. The smallest absolute Gasteiger partial charge is 0.0634 e. The van der Waals surface area contributed by atoms with Gasteiger partial charge in [-0.2, -0.15) is 0 Å². The molecule has 0 bridgehead atoms. The summed E-state index contributed by atoms with van der Waals surface area (Å²) in [4.78, 5) is 2.32. The topological polar surface area (TPSA) is 38.5 Å². The van der Waals surface area contributed by atoms with E-state index in [1.54, 1.807) is 5.54 Å². The number of hydrogen-bond acceptors (Lipinski definition) is 3. The number of ether oxygens (including phenoxy) is 1. The Bertz CT molecular complexity index is 184. The van der Waals surface area contributed by atoms with Crippen LogP contribution >= 0.6 is 11.6 Å². The molecule has 1 heterocycles. The first-order valence-corrected chi connectivity index (χ1v) is 4.99. The minimum Gasteiger partial charge on any atom is -0.378 e. The van der Waals surface area contributed by atoms with E-state index in [0.717, 1.165) is 26.3 Å². The lowest BCUT2D eigenvalue weighted by Gasteiger charge is -2.34. The summed E-state index contributed by atoms with van der Waals surface area (Å²) in [5.41, 5.74) is 8.43. The number of nitrogens with two attached hydrogens (primary N) is 1. The van der Waals surface area contributed by atoms with Crippen LogP contribution in [0, 0.1) is 0 Å². The molecule has 0 radical (unpaired) electrons. The fourth-order valence-electron chi connectivity index (χ4n) is 1.47. The van der Waals surface area contributed by atoms with Gasteiger partial charge in [-0.25, -0.2) is 0 Å². The fraction of sp³-hybridized carbons (Fsp3) is 0.778. The molecule has 13 heavy (non-hydrogen) atoms. The standard InChI is InChI=1S/C9H17ClN2O/c1-8(4-10)6-12-2-3-13-7-9(12)5-11/h4,9H,2-3,5-7,11H2,1H3. The highest BCUT2D eigenvalue weighted by atomic mass is 35.5. The minimum absolute atomic E-state index is 0.348. The molecule has 1 atom stereocenters. The maximum atomic E-state index is 5.64. The third-order valence-electron chi connectivity index (χ3n) is 2.26. The van der Waals surface area contributed by atoms with Gasteiger partial charge in [-0.15, -0.1) is 0 Å². The Kier molecular flexibility index (Phi) is 4.73. The summed E-state index contributed by atoms with van der Waals surface area (Å²) >= 11 is 5.61. The second kappa shape index (κ2) is 5.60. The summed E-state index contributed by atoms with van der Waals surface area (Å²) in [6.07, 6.45) is 0. The van der Waals surface area contributed by atoms with Gasteiger partial charge in [-0.3, -0.25) is 4.90 Å². The largest absolute Gasteiger partial charge is 0.378 e. The Labute approximate surface area is 84.5 Å². The first kappa shape index (κ1) is 11.0. The maximum Gasteiger partial charge on any atom is 0.0634 e. The minimum atomic E-state index is 0.348. The van der Waals surface area contributed by atoms with Gasteiger partial charge in [0.2, 0.25) is 0 Å². The molecule has 1 fully saturated rings. The summed E-state index contributed by atoms with van der Waals surface area (Å²) in [5, 5.41) is 0. The van der Waals surface area contributed by atoms with Gasteiger partial charge in [0, 0.05) is 31.2 Å². The molecule has 2 N–H and O–H groups in total. The van der Waals surface area contributed by atoms with Crippen LogP contribution in [0.2, 0.25) is 0 Å². The van der Waals surface area contributed by atoms with Crippen LogP contribution in [0.5, 0.6) is 0 Å². The van der Waals surface area contributed by atoms with Crippen molar-refractivity contribution in [2.75, 3.05) is 32.8 Å². The zero-order valence-electron chi connectivity index (χ0n) is 8.00. The van der Waals surface area contributed by atoms with E-state index in [1.165, 1.54) is 5.57 Å². The molecule has 1 saturated heterocycles. The molecule has 3 nitrogen and oxygen atoms in total. The second-order valence-corrected chi connectivity index (χ2v) is 3.61. The van der Waals surface area contributed by atoms with Crippen LogP contribution in [0.1, 0.15) is 6.92 Å². The van der Waals surface area contributed by atoms with Crippen LogP contribution in [0.4, 0.5) is 0 Å². The Morgan fingerprint density at radius 2 is 2.54 bits per heavy atom. The molecule has 0 aromatic heterocycles. The second-order valence-electron chi connectivity index (χ2n) is 3.39. The van der Waals surface area contributed by atoms with Crippen LogP contribution in [-0.4, -0.2) is 43.8 Å². The quantitative estimate of drug-likeness (QED) is 0.739. The van der Waals surface area contributed by atoms with E-state index in [4.69, 9.17) is 22.1 Å².